The molecule has 3 atom stereocenters. The van der Waals surface area contributed by atoms with Crippen molar-refractivity contribution >= 4 is 6.29 Å². The van der Waals surface area contributed by atoms with Crippen LogP contribution in [0.3, 0.4) is 0 Å². The van der Waals surface area contributed by atoms with Gasteiger partial charge < -0.3 is 18.9 Å². The minimum Gasteiger partial charge on any atom is -0.363 e. The third-order valence-electron chi connectivity index (χ3n) is 3.22. The Morgan fingerprint density at radius 2 is 1.73 bits per heavy atom. The van der Waals surface area contributed by atoms with Crippen molar-refractivity contribution in [3.8, 4) is 0 Å². The maximum Gasteiger partial charge on any atom is 0.238 e. The van der Waals surface area contributed by atoms with E-state index in [0.717, 1.165) is 0 Å². The van der Waals surface area contributed by atoms with Crippen LogP contribution < -0.4 is 0 Å². The first-order valence-corrected chi connectivity index (χ1v) is 4.66. The summed E-state index contributed by atoms with van der Waals surface area (Å²) in [4.78, 5) is 11.3. The Hall–Kier alpha value is -0.750. The fourth-order valence-electron chi connectivity index (χ4n) is 2.42. The molecule has 0 saturated carbocycles. The van der Waals surface area contributed by atoms with Crippen molar-refractivity contribution in [2.24, 2.45) is 0 Å². The van der Waals surface area contributed by atoms with Crippen molar-refractivity contribution in [2.45, 2.75) is 23.6 Å². The lowest BCUT2D eigenvalue weighted by molar-refractivity contribution is -0.286. The molecule has 2 aliphatic heterocycles. The van der Waals surface area contributed by atoms with Crippen molar-refractivity contribution in [1.29, 1.82) is 0 Å². The van der Waals surface area contributed by atoms with E-state index in [0.29, 0.717) is 6.29 Å². The zero-order valence-corrected chi connectivity index (χ0v) is 8.93. The molecule has 1 fully saturated rings. The molecule has 2 rings (SSSR count). The minimum absolute atomic E-state index is 0.414. The second-order valence-corrected chi connectivity index (χ2v) is 3.55. The van der Waals surface area contributed by atoms with Gasteiger partial charge in [0.1, 0.15) is 12.2 Å². The van der Waals surface area contributed by atoms with Gasteiger partial charge in [-0.3, -0.25) is 4.79 Å². The summed E-state index contributed by atoms with van der Waals surface area (Å²) in [5.41, 5.74) is -1.23. The first-order chi connectivity index (χ1) is 7.20. The molecule has 5 nitrogen and oxygen atoms in total. The Labute approximate surface area is 87.9 Å². The lowest BCUT2D eigenvalue weighted by atomic mass is 9.83. The summed E-state index contributed by atoms with van der Waals surface area (Å²) in [6.45, 7) is 0. The number of methoxy groups -OCH3 is 3. The van der Waals surface area contributed by atoms with Crippen LogP contribution in [0.5, 0.6) is 0 Å². The van der Waals surface area contributed by atoms with Gasteiger partial charge in [0.2, 0.25) is 11.4 Å². The molecular weight excluding hydrogens is 200 g/mol. The van der Waals surface area contributed by atoms with E-state index in [2.05, 4.69) is 0 Å². The van der Waals surface area contributed by atoms with Gasteiger partial charge in [-0.15, -0.1) is 0 Å². The largest absolute Gasteiger partial charge is 0.363 e. The fourth-order valence-corrected chi connectivity index (χ4v) is 2.42. The van der Waals surface area contributed by atoms with Gasteiger partial charge in [0.25, 0.3) is 0 Å². The molecule has 0 aromatic rings. The molecule has 1 saturated heterocycles. The van der Waals surface area contributed by atoms with Crippen molar-refractivity contribution in [1.82, 2.24) is 0 Å². The molecule has 0 N–H and O–H groups in total. The van der Waals surface area contributed by atoms with Crippen LogP contribution in [0.25, 0.3) is 0 Å². The lowest BCUT2D eigenvalue weighted by Crippen LogP contribution is -2.64. The third kappa shape index (κ3) is 0.986. The van der Waals surface area contributed by atoms with Crippen LogP contribution in [-0.4, -0.2) is 51.2 Å². The third-order valence-corrected chi connectivity index (χ3v) is 3.22. The molecule has 15 heavy (non-hydrogen) atoms. The summed E-state index contributed by atoms with van der Waals surface area (Å²) in [7, 11) is 4.39. The molecule has 5 heteroatoms. The Morgan fingerprint density at radius 3 is 2.13 bits per heavy atom. The molecule has 0 aliphatic carbocycles. The molecule has 2 bridgehead atoms. The topological polar surface area (TPSA) is 54.0 Å². The molecule has 2 aliphatic rings. The van der Waals surface area contributed by atoms with Gasteiger partial charge in [-0.1, -0.05) is 12.2 Å². The van der Waals surface area contributed by atoms with Crippen molar-refractivity contribution < 1.29 is 23.7 Å². The molecular formula is C10H14O5. The summed E-state index contributed by atoms with van der Waals surface area (Å²) in [6, 6.07) is 0. The van der Waals surface area contributed by atoms with E-state index in [4.69, 9.17) is 18.9 Å². The molecule has 0 amide bonds. The highest BCUT2D eigenvalue weighted by molar-refractivity contribution is 5.69. The number of rotatable bonds is 4. The molecule has 0 aromatic carbocycles. The molecule has 0 spiro atoms. The second kappa shape index (κ2) is 3.38. The predicted octanol–water partition coefficient (Wildman–Crippen LogP) is -0.103. The fraction of sp³-hybridized carbons (Fsp3) is 0.700. The maximum absolute atomic E-state index is 11.3. The van der Waals surface area contributed by atoms with E-state index in [1.165, 1.54) is 21.3 Å². The number of ether oxygens (including phenoxy) is 4. The summed E-state index contributed by atoms with van der Waals surface area (Å²) in [6.07, 6.45) is 3.43. The van der Waals surface area contributed by atoms with E-state index in [-0.39, 0.29) is 0 Å². The van der Waals surface area contributed by atoms with Gasteiger partial charge in [-0.05, 0) is 0 Å². The summed E-state index contributed by atoms with van der Waals surface area (Å²) >= 11 is 0. The summed E-state index contributed by atoms with van der Waals surface area (Å²) < 4.78 is 21.5. The van der Waals surface area contributed by atoms with Gasteiger partial charge in [0.05, 0.1) is 0 Å². The van der Waals surface area contributed by atoms with Crippen molar-refractivity contribution in [3.05, 3.63) is 12.2 Å². The number of carbonyl (C=O) groups excluding carboxylic acids is 1. The maximum atomic E-state index is 11.3. The van der Waals surface area contributed by atoms with E-state index in [9.17, 15) is 4.79 Å². The summed E-state index contributed by atoms with van der Waals surface area (Å²) in [5, 5.41) is 0. The standard InChI is InChI=1S/C10H14O5/c1-12-9(6-11)7-4-5-8(15-7)10(9,13-2)14-3/h4-8H,1-3H3. The average molecular weight is 214 g/mol. The van der Waals surface area contributed by atoms with Crippen LogP contribution >= 0.6 is 0 Å². The molecule has 84 valence electrons. The van der Waals surface area contributed by atoms with Crippen LogP contribution in [0.4, 0.5) is 0 Å². The van der Waals surface area contributed by atoms with Gasteiger partial charge in [0.15, 0.2) is 6.29 Å². The van der Waals surface area contributed by atoms with Crippen LogP contribution in [0.1, 0.15) is 0 Å². The second-order valence-electron chi connectivity index (χ2n) is 3.55. The quantitative estimate of drug-likeness (QED) is 0.371. The van der Waals surface area contributed by atoms with E-state index in [1.54, 1.807) is 6.08 Å². The molecule has 2 heterocycles. The highest BCUT2D eigenvalue weighted by Crippen LogP contribution is 2.48. The minimum atomic E-state index is -1.23. The normalized spacial score (nSPS) is 41.0. The smallest absolute Gasteiger partial charge is 0.238 e. The highest BCUT2D eigenvalue weighted by Gasteiger charge is 2.70. The number of fused-ring (bicyclic) bond motifs is 2. The van der Waals surface area contributed by atoms with Crippen LogP contribution in [-0.2, 0) is 23.7 Å². The Kier molecular flexibility index (Phi) is 2.42. The van der Waals surface area contributed by atoms with Crippen LogP contribution in [0, 0.1) is 0 Å². The number of hydrogen-bond acceptors (Lipinski definition) is 5. The average Bonchev–Trinajstić information content (AvgIpc) is 2.85. The lowest BCUT2D eigenvalue weighted by Gasteiger charge is -2.41. The SMILES string of the molecule is COC1(C=O)C2C=CC(O2)C1(OC)OC. The summed E-state index contributed by atoms with van der Waals surface area (Å²) in [5.74, 6) is -1.19. The van der Waals surface area contributed by atoms with Crippen molar-refractivity contribution in [3.63, 3.8) is 0 Å². The van der Waals surface area contributed by atoms with Gasteiger partial charge in [0, 0.05) is 21.3 Å². The number of hydrogen-bond donors (Lipinski definition) is 0. The van der Waals surface area contributed by atoms with Crippen molar-refractivity contribution in [2.75, 3.05) is 21.3 Å². The Balaban J connectivity index is 2.51. The van der Waals surface area contributed by atoms with E-state index >= 15 is 0 Å². The zero-order valence-electron chi connectivity index (χ0n) is 8.93. The van der Waals surface area contributed by atoms with Gasteiger partial charge in [-0.2, -0.15) is 0 Å². The van der Waals surface area contributed by atoms with E-state index < -0.39 is 23.6 Å². The zero-order chi connectivity index (χ0) is 11.1. The first kappa shape index (κ1) is 10.8. The van der Waals surface area contributed by atoms with Gasteiger partial charge >= 0.3 is 0 Å². The molecule has 0 radical (unpaired) electrons. The number of carbonyl (C=O) groups is 1. The number of aldehydes is 1. The molecule has 0 aromatic heterocycles. The van der Waals surface area contributed by atoms with Crippen LogP contribution in [0.15, 0.2) is 12.2 Å². The Bertz CT molecular complexity index is 296. The Morgan fingerprint density at radius 1 is 1.13 bits per heavy atom. The monoisotopic (exact) mass is 214 g/mol. The van der Waals surface area contributed by atoms with Crippen LogP contribution in [0.2, 0.25) is 0 Å². The first-order valence-electron chi connectivity index (χ1n) is 4.66. The molecule has 3 unspecified atom stereocenters. The predicted molar refractivity (Wildman–Crippen MR) is 50.4 cm³/mol. The highest BCUT2D eigenvalue weighted by atomic mass is 16.8. The van der Waals surface area contributed by atoms with E-state index in [1.807, 2.05) is 6.08 Å². The van der Waals surface area contributed by atoms with Gasteiger partial charge in [-0.25, -0.2) is 0 Å².